The van der Waals surface area contributed by atoms with Crippen LogP contribution in [-0.2, 0) is 6.54 Å². The molecule has 2 aromatic rings. The summed E-state index contributed by atoms with van der Waals surface area (Å²) in [5.41, 5.74) is 2.76. The third-order valence-corrected chi connectivity index (χ3v) is 3.92. The summed E-state index contributed by atoms with van der Waals surface area (Å²) in [5, 5.41) is 2.90. The van der Waals surface area contributed by atoms with Crippen LogP contribution in [0.2, 0.25) is 0 Å². The molecule has 4 heteroatoms. The Bertz CT molecular complexity index is 626. The highest BCUT2D eigenvalue weighted by Crippen LogP contribution is 2.18. The van der Waals surface area contributed by atoms with Gasteiger partial charge in [-0.3, -0.25) is 4.79 Å². The van der Waals surface area contributed by atoms with E-state index < -0.39 is 0 Å². The molecule has 0 heterocycles. The maximum atomic E-state index is 12.1. The fraction of sp³-hybridized carbons (Fsp3) is 0.188. The van der Waals surface area contributed by atoms with Crippen LogP contribution in [-0.4, -0.2) is 13.0 Å². The largest absolute Gasteiger partial charge is 0.496 e. The van der Waals surface area contributed by atoms with Crippen molar-refractivity contribution in [2.75, 3.05) is 7.11 Å². The first kappa shape index (κ1) is 14.6. The molecule has 3 nitrogen and oxygen atoms in total. The second-order valence-electron chi connectivity index (χ2n) is 4.47. The molecule has 1 N–H and O–H groups in total. The summed E-state index contributed by atoms with van der Waals surface area (Å²) in [5.74, 6) is 0.444. The number of benzene rings is 2. The van der Waals surface area contributed by atoms with Crippen molar-refractivity contribution in [3.05, 3.63) is 63.6 Å². The number of amides is 1. The van der Waals surface area contributed by atoms with Crippen molar-refractivity contribution in [3.8, 4) is 5.75 Å². The minimum Gasteiger partial charge on any atom is -0.496 e. The van der Waals surface area contributed by atoms with Gasteiger partial charge in [0, 0.05) is 11.0 Å². The van der Waals surface area contributed by atoms with Gasteiger partial charge in [-0.15, -0.1) is 0 Å². The average Bonchev–Trinajstić information content (AvgIpc) is 2.48. The first-order valence-electron chi connectivity index (χ1n) is 6.28. The number of ether oxygens (including phenoxy) is 1. The SMILES string of the molecule is COc1ccccc1C(=O)NCc1ccc(Br)c(C)c1. The van der Waals surface area contributed by atoms with Crippen molar-refractivity contribution in [2.24, 2.45) is 0 Å². The van der Waals surface area contributed by atoms with Crippen molar-refractivity contribution in [1.82, 2.24) is 5.32 Å². The van der Waals surface area contributed by atoms with Crippen LogP contribution >= 0.6 is 15.9 Å². The molecule has 0 saturated heterocycles. The second kappa shape index (κ2) is 6.57. The maximum absolute atomic E-state index is 12.1. The van der Waals surface area contributed by atoms with Gasteiger partial charge in [-0.2, -0.15) is 0 Å². The summed E-state index contributed by atoms with van der Waals surface area (Å²) in [6.07, 6.45) is 0. The topological polar surface area (TPSA) is 38.3 Å². The Balaban J connectivity index is 2.06. The van der Waals surface area contributed by atoms with Gasteiger partial charge in [0.25, 0.3) is 5.91 Å². The molecule has 20 heavy (non-hydrogen) atoms. The van der Waals surface area contributed by atoms with E-state index in [1.54, 1.807) is 19.2 Å². The number of carbonyl (C=O) groups is 1. The molecule has 0 atom stereocenters. The quantitative estimate of drug-likeness (QED) is 0.926. The van der Waals surface area contributed by atoms with E-state index in [4.69, 9.17) is 4.74 Å². The zero-order chi connectivity index (χ0) is 14.5. The Hall–Kier alpha value is -1.81. The van der Waals surface area contributed by atoms with Crippen molar-refractivity contribution in [3.63, 3.8) is 0 Å². The average molecular weight is 334 g/mol. The van der Waals surface area contributed by atoms with Crippen LogP contribution in [0.3, 0.4) is 0 Å². The number of para-hydroxylation sites is 1. The number of hydrogen-bond donors (Lipinski definition) is 1. The van der Waals surface area contributed by atoms with Crippen molar-refractivity contribution >= 4 is 21.8 Å². The number of hydrogen-bond acceptors (Lipinski definition) is 2. The lowest BCUT2D eigenvalue weighted by atomic mass is 10.1. The first-order chi connectivity index (χ1) is 9.61. The van der Waals surface area contributed by atoms with Crippen LogP contribution in [0.5, 0.6) is 5.75 Å². The number of methoxy groups -OCH3 is 1. The fourth-order valence-electron chi connectivity index (χ4n) is 1.93. The monoisotopic (exact) mass is 333 g/mol. The van der Waals surface area contributed by atoms with Crippen LogP contribution < -0.4 is 10.1 Å². The molecule has 0 fully saturated rings. The van der Waals surface area contributed by atoms with E-state index in [0.29, 0.717) is 17.9 Å². The predicted molar refractivity (Wildman–Crippen MR) is 83.0 cm³/mol. The zero-order valence-electron chi connectivity index (χ0n) is 11.4. The molecular formula is C16H16BrNO2. The van der Waals surface area contributed by atoms with Crippen LogP contribution in [0.15, 0.2) is 46.9 Å². The molecule has 0 saturated carbocycles. The summed E-state index contributed by atoms with van der Waals surface area (Å²) in [6, 6.07) is 13.2. The van der Waals surface area contributed by atoms with E-state index in [9.17, 15) is 4.79 Å². The molecule has 0 aromatic heterocycles. The van der Waals surface area contributed by atoms with Crippen LogP contribution in [0.1, 0.15) is 21.5 Å². The lowest BCUT2D eigenvalue weighted by molar-refractivity contribution is 0.0948. The van der Waals surface area contributed by atoms with Gasteiger partial charge in [-0.05, 0) is 36.2 Å². The van der Waals surface area contributed by atoms with E-state index in [1.165, 1.54) is 0 Å². The fourth-order valence-corrected chi connectivity index (χ4v) is 2.17. The first-order valence-corrected chi connectivity index (χ1v) is 7.07. The van der Waals surface area contributed by atoms with Gasteiger partial charge in [0.05, 0.1) is 12.7 Å². The molecule has 2 rings (SSSR count). The van der Waals surface area contributed by atoms with Gasteiger partial charge in [-0.25, -0.2) is 0 Å². The minimum atomic E-state index is -0.136. The number of nitrogens with one attached hydrogen (secondary N) is 1. The van der Waals surface area contributed by atoms with Gasteiger partial charge in [0.1, 0.15) is 5.75 Å². The maximum Gasteiger partial charge on any atom is 0.255 e. The number of carbonyl (C=O) groups excluding carboxylic acids is 1. The van der Waals surface area contributed by atoms with E-state index in [0.717, 1.165) is 15.6 Å². The number of rotatable bonds is 4. The minimum absolute atomic E-state index is 0.136. The molecule has 0 aliphatic heterocycles. The molecule has 0 aliphatic carbocycles. The summed E-state index contributed by atoms with van der Waals surface area (Å²) in [4.78, 5) is 12.1. The molecule has 0 radical (unpaired) electrons. The highest BCUT2D eigenvalue weighted by molar-refractivity contribution is 9.10. The molecule has 104 valence electrons. The second-order valence-corrected chi connectivity index (χ2v) is 5.32. The van der Waals surface area contributed by atoms with Gasteiger partial charge in [0.15, 0.2) is 0 Å². The van der Waals surface area contributed by atoms with Crippen molar-refractivity contribution in [2.45, 2.75) is 13.5 Å². The molecule has 2 aromatic carbocycles. The highest BCUT2D eigenvalue weighted by Gasteiger charge is 2.10. The predicted octanol–water partition coefficient (Wildman–Crippen LogP) is 3.70. The Morgan fingerprint density at radius 2 is 2.00 bits per heavy atom. The summed E-state index contributed by atoms with van der Waals surface area (Å²) in [6.45, 7) is 2.51. The standard InChI is InChI=1S/C16H16BrNO2/c1-11-9-12(7-8-14(11)17)10-18-16(19)13-5-3-4-6-15(13)20-2/h3-9H,10H2,1-2H3,(H,18,19). The van der Waals surface area contributed by atoms with Gasteiger partial charge in [0.2, 0.25) is 0 Å². The molecule has 0 spiro atoms. The Morgan fingerprint density at radius 3 is 2.70 bits per heavy atom. The smallest absolute Gasteiger partial charge is 0.255 e. The third kappa shape index (κ3) is 3.39. The van der Waals surface area contributed by atoms with E-state index >= 15 is 0 Å². The Morgan fingerprint density at radius 1 is 1.25 bits per heavy atom. The highest BCUT2D eigenvalue weighted by atomic mass is 79.9. The van der Waals surface area contributed by atoms with Crippen molar-refractivity contribution in [1.29, 1.82) is 0 Å². The van der Waals surface area contributed by atoms with E-state index in [1.807, 2.05) is 37.3 Å². The van der Waals surface area contributed by atoms with Crippen LogP contribution in [0, 0.1) is 6.92 Å². The molecule has 1 amide bonds. The van der Waals surface area contributed by atoms with Gasteiger partial charge < -0.3 is 10.1 Å². The third-order valence-electron chi connectivity index (χ3n) is 3.03. The molecule has 0 unspecified atom stereocenters. The summed E-state index contributed by atoms with van der Waals surface area (Å²) >= 11 is 3.46. The number of aryl methyl sites for hydroxylation is 1. The molecular weight excluding hydrogens is 318 g/mol. The normalized spacial score (nSPS) is 10.2. The van der Waals surface area contributed by atoms with E-state index in [2.05, 4.69) is 21.2 Å². The van der Waals surface area contributed by atoms with Crippen molar-refractivity contribution < 1.29 is 9.53 Å². The summed E-state index contributed by atoms with van der Waals surface area (Å²) < 4.78 is 6.25. The number of halogens is 1. The lowest BCUT2D eigenvalue weighted by Crippen LogP contribution is -2.23. The van der Waals surface area contributed by atoms with E-state index in [-0.39, 0.29) is 5.91 Å². The summed E-state index contributed by atoms with van der Waals surface area (Å²) in [7, 11) is 1.56. The van der Waals surface area contributed by atoms with Gasteiger partial charge >= 0.3 is 0 Å². The zero-order valence-corrected chi connectivity index (χ0v) is 13.0. The lowest BCUT2D eigenvalue weighted by Gasteiger charge is -2.10. The van der Waals surface area contributed by atoms with Crippen LogP contribution in [0.25, 0.3) is 0 Å². The Labute approximate surface area is 127 Å². The van der Waals surface area contributed by atoms with Crippen LogP contribution in [0.4, 0.5) is 0 Å². The molecule has 0 aliphatic rings. The molecule has 0 bridgehead atoms. The van der Waals surface area contributed by atoms with Gasteiger partial charge in [-0.1, -0.05) is 40.2 Å². The Kier molecular flexibility index (Phi) is 4.79.